The van der Waals surface area contributed by atoms with Gasteiger partial charge in [-0.1, -0.05) is 32.1 Å². The molecule has 4 heteroatoms. The number of methoxy groups -OCH3 is 1. The lowest BCUT2D eigenvalue weighted by molar-refractivity contribution is 0.0948. The summed E-state index contributed by atoms with van der Waals surface area (Å²) in [7, 11) is 1.53. The SMILES string of the molecule is COc1ncccc1C(=O)NCCCC1CCCCC1. The highest BCUT2D eigenvalue weighted by Gasteiger charge is 2.14. The van der Waals surface area contributed by atoms with E-state index in [1.54, 1.807) is 18.3 Å². The van der Waals surface area contributed by atoms with Crippen LogP contribution in [0.15, 0.2) is 18.3 Å². The lowest BCUT2D eigenvalue weighted by atomic mass is 9.86. The van der Waals surface area contributed by atoms with Gasteiger partial charge in [0.15, 0.2) is 0 Å². The minimum atomic E-state index is -0.0985. The fourth-order valence-corrected chi connectivity index (χ4v) is 2.89. The molecule has 1 N–H and O–H groups in total. The summed E-state index contributed by atoms with van der Waals surface area (Å²) in [6, 6.07) is 3.49. The molecule has 1 aromatic rings. The van der Waals surface area contributed by atoms with E-state index in [0.717, 1.165) is 18.9 Å². The highest BCUT2D eigenvalue weighted by atomic mass is 16.5. The minimum Gasteiger partial charge on any atom is -0.480 e. The molecule has 0 spiro atoms. The van der Waals surface area contributed by atoms with Gasteiger partial charge in [-0.15, -0.1) is 0 Å². The number of pyridine rings is 1. The maximum Gasteiger partial charge on any atom is 0.256 e. The standard InChI is InChI=1S/C16H24N2O2/c1-20-16-14(10-6-12-18-16)15(19)17-11-5-9-13-7-3-2-4-8-13/h6,10,12-13H,2-5,7-9,11H2,1H3,(H,17,19). The number of hydrogen-bond donors (Lipinski definition) is 1. The van der Waals surface area contributed by atoms with Crippen LogP contribution < -0.4 is 10.1 Å². The molecular formula is C16H24N2O2. The Kier molecular flexibility index (Phi) is 5.84. The van der Waals surface area contributed by atoms with Crippen molar-refractivity contribution in [2.45, 2.75) is 44.9 Å². The van der Waals surface area contributed by atoms with Gasteiger partial charge in [-0.3, -0.25) is 4.79 Å². The highest BCUT2D eigenvalue weighted by Crippen LogP contribution is 2.27. The van der Waals surface area contributed by atoms with Gasteiger partial charge >= 0.3 is 0 Å². The number of nitrogens with one attached hydrogen (secondary N) is 1. The van der Waals surface area contributed by atoms with Crippen molar-refractivity contribution in [3.05, 3.63) is 23.9 Å². The van der Waals surface area contributed by atoms with Crippen LogP contribution in [0.4, 0.5) is 0 Å². The number of rotatable bonds is 6. The van der Waals surface area contributed by atoms with Gasteiger partial charge in [0, 0.05) is 12.7 Å². The van der Waals surface area contributed by atoms with Crippen molar-refractivity contribution in [3.63, 3.8) is 0 Å². The van der Waals surface area contributed by atoms with E-state index in [0.29, 0.717) is 11.4 Å². The number of hydrogen-bond acceptors (Lipinski definition) is 3. The molecule has 0 unspecified atom stereocenters. The zero-order chi connectivity index (χ0) is 14.2. The van der Waals surface area contributed by atoms with Crippen molar-refractivity contribution in [2.75, 3.05) is 13.7 Å². The topological polar surface area (TPSA) is 51.2 Å². The smallest absolute Gasteiger partial charge is 0.256 e. The van der Waals surface area contributed by atoms with Crippen LogP contribution in [0, 0.1) is 5.92 Å². The second-order valence-corrected chi connectivity index (χ2v) is 5.46. The average molecular weight is 276 g/mol. The Hall–Kier alpha value is -1.58. The number of carbonyl (C=O) groups is 1. The first-order valence-corrected chi connectivity index (χ1v) is 7.58. The van der Waals surface area contributed by atoms with Gasteiger partial charge in [0.05, 0.1) is 7.11 Å². The van der Waals surface area contributed by atoms with Crippen molar-refractivity contribution < 1.29 is 9.53 Å². The summed E-state index contributed by atoms with van der Waals surface area (Å²) in [6.07, 6.45) is 10.8. The first kappa shape index (κ1) is 14.8. The molecule has 0 aliphatic heterocycles. The number of amides is 1. The number of carbonyl (C=O) groups excluding carboxylic acids is 1. The summed E-state index contributed by atoms with van der Waals surface area (Å²) in [4.78, 5) is 16.1. The summed E-state index contributed by atoms with van der Waals surface area (Å²) in [5.74, 6) is 1.16. The molecule has 1 amide bonds. The maximum atomic E-state index is 12.0. The molecule has 0 radical (unpaired) electrons. The van der Waals surface area contributed by atoms with Crippen molar-refractivity contribution in [2.24, 2.45) is 5.92 Å². The molecule has 1 fully saturated rings. The van der Waals surface area contributed by atoms with Crippen molar-refractivity contribution in [1.29, 1.82) is 0 Å². The van der Waals surface area contributed by atoms with Crippen LogP contribution in [0.2, 0.25) is 0 Å². The molecule has 110 valence electrons. The second kappa shape index (κ2) is 7.88. The maximum absolute atomic E-state index is 12.0. The van der Waals surface area contributed by atoms with Gasteiger partial charge in [0.1, 0.15) is 5.56 Å². The Bertz CT molecular complexity index is 428. The van der Waals surface area contributed by atoms with Crippen LogP contribution in [0.25, 0.3) is 0 Å². The molecule has 0 aromatic carbocycles. The molecular weight excluding hydrogens is 252 g/mol. The van der Waals surface area contributed by atoms with E-state index in [1.165, 1.54) is 45.6 Å². The second-order valence-electron chi connectivity index (χ2n) is 5.46. The minimum absolute atomic E-state index is 0.0985. The Labute approximate surface area is 120 Å². The molecule has 1 heterocycles. The van der Waals surface area contributed by atoms with E-state index in [9.17, 15) is 4.79 Å². The van der Waals surface area contributed by atoms with E-state index in [-0.39, 0.29) is 5.91 Å². The van der Waals surface area contributed by atoms with Crippen molar-refractivity contribution >= 4 is 5.91 Å². The van der Waals surface area contributed by atoms with Crippen LogP contribution in [-0.4, -0.2) is 24.5 Å². The summed E-state index contributed by atoms with van der Waals surface area (Å²) >= 11 is 0. The van der Waals surface area contributed by atoms with Gasteiger partial charge in [0.25, 0.3) is 5.91 Å². The van der Waals surface area contributed by atoms with Crippen molar-refractivity contribution in [3.8, 4) is 5.88 Å². The molecule has 4 nitrogen and oxygen atoms in total. The average Bonchev–Trinajstić information content (AvgIpc) is 2.52. The predicted octanol–water partition coefficient (Wildman–Crippen LogP) is 3.18. The molecule has 20 heavy (non-hydrogen) atoms. The molecule has 1 aliphatic carbocycles. The normalized spacial score (nSPS) is 15.8. The summed E-state index contributed by atoms with van der Waals surface area (Å²) in [5.41, 5.74) is 0.507. The fraction of sp³-hybridized carbons (Fsp3) is 0.625. The Morgan fingerprint density at radius 3 is 2.95 bits per heavy atom. The Morgan fingerprint density at radius 2 is 2.20 bits per heavy atom. The van der Waals surface area contributed by atoms with Gasteiger partial charge in [-0.25, -0.2) is 4.98 Å². The van der Waals surface area contributed by atoms with E-state index < -0.39 is 0 Å². The summed E-state index contributed by atoms with van der Waals surface area (Å²) in [5, 5.41) is 2.95. The predicted molar refractivity (Wildman–Crippen MR) is 78.9 cm³/mol. The molecule has 1 aliphatic rings. The quantitative estimate of drug-likeness (QED) is 0.812. The van der Waals surface area contributed by atoms with Crippen molar-refractivity contribution in [1.82, 2.24) is 10.3 Å². The van der Waals surface area contributed by atoms with E-state index >= 15 is 0 Å². The van der Waals surface area contributed by atoms with Gasteiger partial charge in [0.2, 0.25) is 5.88 Å². The third-order valence-electron chi connectivity index (χ3n) is 4.01. The zero-order valence-corrected chi connectivity index (χ0v) is 12.2. The highest BCUT2D eigenvalue weighted by molar-refractivity contribution is 5.96. The summed E-state index contributed by atoms with van der Waals surface area (Å²) in [6.45, 7) is 0.730. The molecule has 1 saturated carbocycles. The monoisotopic (exact) mass is 276 g/mol. The van der Waals surface area contributed by atoms with Crippen LogP contribution >= 0.6 is 0 Å². The first-order chi connectivity index (χ1) is 9.81. The van der Waals surface area contributed by atoms with Crippen LogP contribution in [0.1, 0.15) is 55.3 Å². The van der Waals surface area contributed by atoms with E-state index in [2.05, 4.69) is 10.3 Å². The van der Waals surface area contributed by atoms with Crippen LogP contribution in [0.5, 0.6) is 5.88 Å². The van der Waals surface area contributed by atoms with Crippen LogP contribution in [0.3, 0.4) is 0 Å². The largest absolute Gasteiger partial charge is 0.480 e. The summed E-state index contributed by atoms with van der Waals surface area (Å²) < 4.78 is 5.10. The third kappa shape index (κ3) is 4.22. The van der Waals surface area contributed by atoms with E-state index in [1.807, 2.05) is 0 Å². The number of nitrogens with zero attached hydrogens (tertiary/aromatic N) is 1. The third-order valence-corrected chi connectivity index (χ3v) is 4.01. The fourth-order valence-electron chi connectivity index (χ4n) is 2.89. The lowest BCUT2D eigenvalue weighted by Gasteiger charge is -2.21. The van der Waals surface area contributed by atoms with Gasteiger partial charge in [-0.05, 0) is 30.9 Å². The Balaban J connectivity index is 1.72. The zero-order valence-electron chi connectivity index (χ0n) is 12.2. The van der Waals surface area contributed by atoms with Gasteiger partial charge < -0.3 is 10.1 Å². The molecule has 1 aromatic heterocycles. The number of ether oxygens (including phenoxy) is 1. The lowest BCUT2D eigenvalue weighted by Crippen LogP contribution is -2.25. The van der Waals surface area contributed by atoms with Gasteiger partial charge in [-0.2, -0.15) is 0 Å². The molecule has 0 saturated heterocycles. The molecule has 0 bridgehead atoms. The molecule has 2 rings (SSSR count). The van der Waals surface area contributed by atoms with E-state index in [4.69, 9.17) is 4.74 Å². The Morgan fingerprint density at radius 1 is 1.40 bits per heavy atom. The van der Waals surface area contributed by atoms with Crippen LogP contribution in [-0.2, 0) is 0 Å². The number of aromatic nitrogens is 1. The first-order valence-electron chi connectivity index (χ1n) is 7.58. The molecule has 0 atom stereocenters.